The third-order valence-electron chi connectivity index (χ3n) is 2.74. The normalized spacial score (nSPS) is 16.7. The minimum atomic E-state index is 0.523. The van der Waals surface area contributed by atoms with Gasteiger partial charge in [0.2, 0.25) is 0 Å². The van der Waals surface area contributed by atoms with Crippen LogP contribution in [0, 0.1) is 0 Å². The van der Waals surface area contributed by atoms with E-state index in [1.807, 2.05) is 11.8 Å². The van der Waals surface area contributed by atoms with Crippen LogP contribution in [-0.4, -0.2) is 11.8 Å². The van der Waals surface area contributed by atoms with Crippen molar-refractivity contribution in [3.63, 3.8) is 0 Å². The standard InChI is InChI=1S/C12H17NS/c1-9(8-13)14-12-6-5-10-3-2-4-11(10)7-12/h5-7,9H,2-4,8,13H2,1H3. The number of thioether (sulfide) groups is 1. The lowest BCUT2D eigenvalue weighted by Crippen LogP contribution is -2.12. The van der Waals surface area contributed by atoms with E-state index in [0.29, 0.717) is 5.25 Å². The maximum Gasteiger partial charge on any atom is 0.0189 e. The Morgan fingerprint density at radius 3 is 2.93 bits per heavy atom. The van der Waals surface area contributed by atoms with Crippen LogP contribution in [-0.2, 0) is 12.8 Å². The second-order valence-corrected chi connectivity index (χ2v) is 5.46. The molecule has 76 valence electrons. The molecule has 2 heteroatoms. The molecule has 0 heterocycles. The third-order valence-corrected chi connectivity index (χ3v) is 3.86. The van der Waals surface area contributed by atoms with Gasteiger partial charge in [0.05, 0.1) is 0 Å². The summed E-state index contributed by atoms with van der Waals surface area (Å²) in [6.45, 7) is 2.93. The first kappa shape index (κ1) is 10.1. The smallest absolute Gasteiger partial charge is 0.0189 e. The zero-order valence-electron chi connectivity index (χ0n) is 8.62. The largest absolute Gasteiger partial charge is 0.329 e. The molecule has 1 unspecified atom stereocenters. The van der Waals surface area contributed by atoms with E-state index in [9.17, 15) is 0 Å². The average Bonchev–Trinajstić information content (AvgIpc) is 2.64. The molecule has 1 aliphatic rings. The van der Waals surface area contributed by atoms with Crippen LogP contribution < -0.4 is 5.73 Å². The molecule has 1 nitrogen and oxygen atoms in total. The summed E-state index contributed by atoms with van der Waals surface area (Å²) in [5, 5.41) is 0.523. The molecular formula is C12H17NS. The fourth-order valence-electron chi connectivity index (χ4n) is 1.90. The van der Waals surface area contributed by atoms with Gasteiger partial charge in [0.1, 0.15) is 0 Å². The zero-order chi connectivity index (χ0) is 9.97. The van der Waals surface area contributed by atoms with Crippen molar-refractivity contribution in [3.8, 4) is 0 Å². The van der Waals surface area contributed by atoms with E-state index in [0.717, 1.165) is 6.54 Å². The Bertz CT molecular complexity index is 322. The first-order valence-electron chi connectivity index (χ1n) is 5.28. The van der Waals surface area contributed by atoms with Crippen molar-refractivity contribution in [3.05, 3.63) is 29.3 Å². The highest BCUT2D eigenvalue weighted by Crippen LogP contribution is 2.29. The van der Waals surface area contributed by atoms with Crippen molar-refractivity contribution >= 4 is 11.8 Å². The predicted octanol–water partition coefficient (Wildman–Crippen LogP) is 2.61. The molecule has 0 amide bonds. The second-order valence-electron chi connectivity index (χ2n) is 3.95. The van der Waals surface area contributed by atoms with Crippen LogP contribution in [0.25, 0.3) is 0 Å². The molecule has 0 spiro atoms. The van der Waals surface area contributed by atoms with Gasteiger partial charge in [-0.2, -0.15) is 0 Å². The molecular weight excluding hydrogens is 190 g/mol. The summed E-state index contributed by atoms with van der Waals surface area (Å²) < 4.78 is 0. The van der Waals surface area contributed by atoms with E-state index in [-0.39, 0.29) is 0 Å². The van der Waals surface area contributed by atoms with Gasteiger partial charge < -0.3 is 5.73 Å². The van der Waals surface area contributed by atoms with Crippen molar-refractivity contribution in [1.82, 2.24) is 0 Å². The SMILES string of the molecule is CC(CN)Sc1ccc2c(c1)CCC2. The highest BCUT2D eigenvalue weighted by molar-refractivity contribution is 8.00. The summed E-state index contributed by atoms with van der Waals surface area (Å²) in [5.41, 5.74) is 8.72. The van der Waals surface area contributed by atoms with Crippen molar-refractivity contribution in [1.29, 1.82) is 0 Å². The summed E-state index contributed by atoms with van der Waals surface area (Å²) >= 11 is 1.88. The van der Waals surface area contributed by atoms with Crippen molar-refractivity contribution in [2.24, 2.45) is 5.73 Å². The molecule has 1 aromatic carbocycles. The Morgan fingerprint density at radius 1 is 1.36 bits per heavy atom. The van der Waals surface area contributed by atoms with Crippen LogP contribution in [0.3, 0.4) is 0 Å². The number of rotatable bonds is 3. The summed E-state index contributed by atoms with van der Waals surface area (Å²) in [4.78, 5) is 1.38. The number of fused-ring (bicyclic) bond motifs is 1. The molecule has 2 rings (SSSR count). The van der Waals surface area contributed by atoms with Crippen molar-refractivity contribution in [2.75, 3.05) is 6.54 Å². The molecule has 0 aromatic heterocycles. The zero-order valence-corrected chi connectivity index (χ0v) is 9.44. The monoisotopic (exact) mass is 207 g/mol. The number of aryl methyl sites for hydroxylation is 2. The molecule has 1 aliphatic carbocycles. The van der Waals surface area contributed by atoms with Crippen LogP contribution in [0.15, 0.2) is 23.1 Å². The lowest BCUT2D eigenvalue weighted by atomic mass is 10.1. The van der Waals surface area contributed by atoms with Gasteiger partial charge in [-0.25, -0.2) is 0 Å². The van der Waals surface area contributed by atoms with Gasteiger partial charge in [-0.15, -0.1) is 11.8 Å². The molecule has 1 atom stereocenters. The Labute approximate surface area is 90.1 Å². The third kappa shape index (κ3) is 2.12. The van der Waals surface area contributed by atoms with Crippen LogP contribution in [0.4, 0.5) is 0 Å². The Kier molecular flexibility index (Phi) is 3.14. The van der Waals surface area contributed by atoms with Crippen LogP contribution in [0.5, 0.6) is 0 Å². The van der Waals surface area contributed by atoms with Crippen LogP contribution in [0.1, 0.15) is 24.5 Å². The summed E-state index contributed by atoms with van der Waals surface area (Å²) in [7, 11) is 0. The van der Waals surface area contributed by atoms with Crippen LogP contribution in [0.2, 0.25) is 0 Å². The van der Waals surface area contributed by atoms with Gasteiger partial charge >= 0.3 is 0 Å². The second kappa shape index (κ2) is 4.37. The fraction of sp³-hybridized carbons (Fsp3) is 0.500. The molecule has 14 heavy (non-hydrogen) atoms. The number of benzene rings is 1. The Morgan fingerprint density at radius 2 is 2.14 bits per heavy atom. The predicted molar refractivity (Wildman–Crippen MR) is 62.8 cm³/mol. The number of hydrogen-bond acceptors (Lipinski definition) is 2. The summed E-state index contributed by atoms with van der Waals surface area (Å²) in [5.74, 6) is 0. The van der Waals surface area contributed by atoms with Gasteiger partial charge in [-0.05, 0) is 42.5 Å². The Hall–Kier alpha value is -0.470. The number of nitrogens with two attached hydrogens (primary N) is 1. The first-order chi connectivity index (χ1) is 6.79. The fourth-order valence-corrected chi connectivity index (χ4v) is 2.82. The summed E-state index contributed by atoms with van der Waals surface area (Å²) in [6, 6.07) is 6.87. The molecule has 0 saturated heterocycles. The molecule has 0 aliphatic heterocycles. The number of hydrogen-bond donors (Lipinski definition) is 1. The molecule has 1 aromatic rings. The maximum absolute atomic E-state index is 5.61. The lowest BCUT2D eigenvalue weighted by Gasteiger charge is -2.09. The van der Waals surface area contributed by atoms with E-state index >= 15 is 0 Å². The quantitative estimate of drug-likeness (QED) is 0.771. The average molecular weight is 207 g/mol. The van der Waals surface area contributed by atoms with Gasteiger partial charge in [-0.3, -0.25) is 0 Å². The van der Waals surface area contributed by atoms with E-state index in [1.165, 1.54) is 24.2 Å². The van der Waals surface area contributed by atoms with E-state index in [1.54, 1.807) is 11.1 Å². The van der Waals surface area contributed by atoms with E-state index in [2.05, 4.69) is 25.1 Å². The lowest BCUT2D eigenvalue weighted by molar-refractivity contribution is 0.911. The highest BCUT2D eigenvalue weighted by atomic mass is 32.2. The van der Waals surface area contributed by atoms with Gasteiger partial charge in [0, 0.05) is 16.7 Å². The Balaban J connectivity index is 2.12. The van der Waals surface area contributed by atoms with E-state index in [4.69, 9.17) is 5.73 Å². The highest BCUT2D eigenvalue weighted by Gasteiger charge is 2.11. The summed E-state index contributed by atoms with van der Waals surface area (Å²) in [6.07, 6.45) is 3.86. The van der Waals surface area contributed by atoms with Crippen LogP contribution >= 0.6 is 11.8 Å². The molecule has 0 fully saturated rings. The van der Waals surface area contributed by atoms with Crippen molar-refractivity contribution < 1.29 is 0 Å². The maximum atomic E-state index is 5.61. The molecule has 0 saturated carbocycles. The molecule has 2 N–H and O–H groups in total. The van der Waals surface area contributed by atoms with Gasteiger partial charge in [-0.1, -0.05) is 13.0 Å². The molecule has 0 bridgehead atoms. The van der Waals surface area contributed by atoms with Gasteiger partial charge in [0.15, 0.2) is 0 Å². The van der Waals surface area contributed by atoms with Gasteiger partial charge in [0.25, 0.3) is 0 Å². The topological polar surface area (TPSA) is 26.0 Å². The van der Waals surface area contributed by atoms with E-state index < -0.39 is 0 Å². The first-order valence-corrected chi connectivity index (χ1v) is 6.16. The molecule has 0 radical (unpaired) electrons. The minimum Gasteiger partial charge on any atom is -0.329 e. The minimum absolute atomic E-state index is 0.523. The van der Waals surface area contributed by atoms with Crippen molar-refractivity contribution in [2.45, 2.75) is 36.3 Å².